The molecule has 0 aliphatic heterocycles. The average molecular weight is 673 g/mol. The summed E-state index contributed by atoms with van der Waals surface area (Å²) in [6, 6.07) is 0. The summed E-state index contributed by atoms with van der Waals surface area (Å²) in [6.07, 6.45) is 10.7. The van der Waals surface area contributed by atoms with Crippen LogP contribution in [0.15, 0.2) is 0 Å². The molecule has 0 radical (unpaired) electrons. The first-order chi connectivity index (χ1) is 16.5. The van der Waals surface area contributed by atoms with Crippen molar-refractivity contribution in [3.8, 4) is 0 Å². The Labute approximate surface area is 241 Å². The Morgan fingerprint density at radius 3 is 0.757 bits per heavy atom. The monoisotopic (exact) mass is 674 g/mol. The van der Waals surface area contributed by atoms with E-state index in [4.69, 9.17) is 0 Å². The van der Waals surface area contributed by atoms with Crippen molar-refractivity contribution in [1.29, 1.82) is 0 Å². The Balaban J connectivity index is -0.000000218. The van der Waals surface area contributed by atoms with E-state index in [2.05, 4.69) is 20.8 Å². The van der Waals surface area contributed by atoms with E-state index >= 15 is 0 Å². The van der Waals surface area contributed by atoms with Crippen LogP contribution in [0.1, 0.15) is 119 Å². The summed E-state index contributed by atoms with van der Waals surface area (Å²) >= 11 is 0. The third-order valence-corrected chi connectivity index (χ3v) is 8.97. The van der Waals surface area contributed by atoms with Crippen molar-refractivity contribution in [2.75, 3.05) is 18.5 Å². The minimum Gasteiger partial charge on any atom is -0.811 e. The van der Waals surface area contributed by atoms with Crippen molar-refractivity contribution in [2.24, 2.45) is 17.8 Å². The Kier molecular flexibility index (Phi) is 31.8. The minimum atomic E-state index is -4.28. The zero-order valence-corrected chi connectivity index (χ0v) is 28.5. The van der Waals surface area contributed by atoms with E-state index in [0.29, 0.717) is 0 Å². The van der Waals surface area contributed by atoms with Crippen molar-refractivity contribution in [1.82, 2.24) is 0 Å². The van der Waals surface area contributed by atoms with Gasteiger partial charge < -0.3 is 43.1 Å². The molecule has 13 heteroatoms. The molecular formula is C24H51MoO9P3-6. The van der Waals surface area contributed by atoms with E-state index in [1.807, 2.05) is 20.8 Å². The van der Waals surface area contributed by atoms with Crippen LogP contribution in [0, 0.1) is 17.8 Å². The molecular weight excluding hydrogens is 621 g/mol. The third kappa shape index (κ3) is 39.3. The number of rotatable bonds is 18. The standard InChI is InChI=1S/3C8H19O3P.Mo/c3*1-3-5-6-8(4-2)7-12(9,10)11;/h3*8H,3-7H2,1-2H3,(H2,9,10,11);/p-6. The molecule has 0 spiro atoms. The molecule has 0 saturated heterocycles. The van der Waals surface area contributed by atoms with Gasteiger partial charge in [0.25, 0.3) is 0 Å². The molecule has 0 aliphatic carbocycles. The molecule has 0 rings (SSSR count). The minimum absolute atomic E-state index is 0. The Bertz CT molecular complexity index is 549. The zero-order chi connectivity index (χ0) is 28.8. The Hall–Kier alpha value is 1.14. The number of hydrogen-bond donors (Lipinski definition) is 0. The summed E-state index contributed by atoms with van der Waals surface area (Å²) in [5, 5.41) is 0. The van der Waals surface area contributed by atoms with E-state index in [1.54, 1.807) is 0 Å². The molecule has 3 atom stereocenters. The topological polar surface area (TPSA) is 190 Å². The quantitative estimate of drug-likeness (QED) is 0.155. The van der Waals surface area contributed by atoms with E-state index in [1.165, 1.54) is 0 Å². The van der Waals surface area contributed by atoms with Gasteiger partial charge in [0.15, 0.2) is 0 Å². The maximum Gasteiger partial charge on any atom is 0 e. The molecule has 0 aromatic carbocycles. The van der Waals surface area contributed by atoms with Crippen LogP contribution in [0.4, 0.5) is 0 Å². The first-order valence-electron chi connectivity index (χ1n) is 13.5. The Morgan fingerprint density at radius 2 is 0.649 bits per heavy atom. The molecule has 0 aliphatic rings. The van der Waals surface area contributed by atoms with E-state index in [9.17, 15) is 43.1 Å². The maximum atomic E-state index is 10.4. The van der Waals surface area contributed by atoms with Crippen molar-refractivity contribution in [3.05, 3.63) is 0 Å². The second-order valence-corrected chi connectivity index (χ2v) is 14.4. The van der Waals surface area contributed by atoms with Crippen LogP contribution in [0.3, 0.4) is 0 Å². The van der Waals surface area contributed by atoms with Crippen LogP contribution in [0.2, 0.25) is 0 Å². The third-order valence-electron chi connectivity index (χ3n) is 6.08. The molecule has 37 heavy (non-hydrogen) atoms. The fraction of sp³-hybridized carbons (Fsp3) is 1.00. The second-order valence-electron chi connectivity index (χ2n) is 9.63. The van der Waals surface area contributed by atoms with E-state index in [0.717, 1.165) is 77.0 Å². The maximum absolute atomic E-state index is 10.4. The molecule has 228 valence electrons. The predicted octanol–water partition coefficient (Wildman–Crippen LogP) is 3.35. The van der Waals surface area contributed by atoms with Gasteiger partial charge in [-0.1, -0.05) is 141 Å². The largest absolute Gasteiger partial charge is 0.811 e. The van der Waals surface area contributed by atoms with Gasteiger partial charge in [-0.05, 0) is 36.2 Å². The van der Waals surface area contributed by atoms with E-state index < -0.39 is 22.8 Å². The van der Waals surface area contributed by atoms with Crippen LogP contribution in [-0.4, -0.2) is 18.5 Å². The normalized spacial score (nSPS) is 14.3. The van der Waals surface area contributed by atoms with Crippen LogP contribution in [-0.2, 0) is 34.8 Å². The Morgan fingerprint density at radius 1 is 0.459 bits per heavy atom. The summed E-state index contributed by atoms with van der Waals surface area (Å²) in [7, 11) is -12.8. The number of unbranched alkanes of at least 4 members (excludes halogenated alkanes) is 3. The van der Waals surface area contributed by atoms with Gasteiger partial charge in [0, 0.05) is 21.1 Å². The SMILES string of the molecule is CCCCC(CC)CP(=O)([O-])[O-].CCCCC(CC)CP(=O)([O-])[O-].CCCCC(CC)CP(=O)([O-])[O-].[Mo]. The first kappa shape index (κ1) is 45.1. The fourth-order valence-corrected chi connectivity index (χ4v) is 6.92. The van der Waals surface area contributed by atoms with E-state index in [-0.39, 0.29) is 57.3 Å². The van der Waals surface area contributed by atoms with Gasteiger partial charge in [0.1, 0.15) is 0 Å². The fourth-order valence-electron chi connectivity index (χ4n) is 3.70. The van der Waals surface area contributed by atoms with Crippen molar-refractivity contribution in [3.63, 3.8) is 0 Å². The average Bonchev–Trinajstić information content (AvgIpc) is 2.75. The van der Waals surface area contributed by atoms with Gasteiger partial charge in [-0.2, -0.15) is 0 Å². The van der Waals surface area contributed by atoms with Crippen molar-refractivity contribution < 1.29 is 64.1 Å². The summed E-state index contributed by atoms with van der Waals surface area (Å²) in [4.78, 5) is 62.6. The smallest absolute Gasteiger partial charge is 0 e. The summed E-state index contributed by atoms with van der Waals surface area (Å²) in [5.74, 6) is 0.224. The molecule has 0 heterocycles. The molecule has 0 fully saturated rings. The molecule has 0 aromatic heterocycles. The molecule has 9 nitrogen and oxygen atoms in total. The second kappa shape index (κ2) is 26.1. The molecule has 0 amide bonds. The van der Waals surface area contributed by atoms with Crippen LogP contribution >= 0.6 is 22.8 Å². The molecule has 0 saturated carbocycles. The van der Waals surface area contributed by atoms with Crippen molar-refractivity contribution in [2.45, 2.75) is 119 Å². The summed E-state index contributed by atoms with van der Waals surface area (Å²) in [5.41, 5.74) is 0. The molecule has 0 N–H and O–H groups in total. The molecule has 0 aromatic rings. The van der Waals surface area contributed by atoms with Gasteiger partial charge in [-0.25, -0.2) is 0 Å². The van der Waals surface area contributed by atoms with Gasteiger partial charge >= 0.3 is 0 Å². The van der Waals surface area contributed by atoms with Gasteiger partial charge in [0.05, 0.1) is 0 Å². The van der Waals surface area contributed by atoms with Crippen LogP contribution in [0.5, 0.6) is 0 Å². The van der Waals surface area contributed by atoms with Crippen LogP contribution in [0.25, 0.3) is 0 Å². The van der Waals surface area contributed by atoms with Gasteiger partial charge in [-0.15, -0.1) is 0 Å². The van der Waals surface area contributed by atoms with Gasteiger partial charge in [0.2, 0.25) is 0 Å². The van der Waals surface area contributed by atoms with Crippen LogP contribution < -0.4 is 29.4 Å². The summed E-state index contributed by atoms with van der Waals surface area (Å²) in [6.45, 7) is 11.9. The van der Waals surface area contributed by atoms with Gasteiger partial charge in [-0.3, -0.25) is 0 Å². The number of hydrogen-bond acceptors (Lipinski definition) is 9. The zero-order valence-electron chi connectivity index (χ0n) is 23.8. The predicted molar refractivity (Wildman–Crippen MR) is 137 cm³/mol. The summed E-state index contributed by atoms with van der Waals surface area (Å²) < 4.78 is 31.3. The first-order valence-corrected chi connectivity index (χ1v) is 18.7. The van der Waals surface area contributed by atoms with Crippen molar-refractivity contribution >= 4 is 22.8 Å². The molecule has 3 unspecified atom stereocenters. The molecule has 0 bridgehead atoms.